The summed E-state index contributed by atoms with van der Waals surface area (Å²) in [6.45, 7) is 13.8. The van der Waals surface area contributed by atoms with Crippen LogP contribution >= 0.6 is 34.4 Å². The predicted octanol–water partition coefficient (Wildman–Crippen LogP) is 10.4. The Kier molecular flexibility index (Phi) is 6.73. The smallest absolute Gasteiger partial charge is 0.113 e. The van der Waals surface area contributed by atoms with Crippen molar-refractivity contribution in [2.45, 2.75) is 97.3 Å². The Hall–Kier alpha value is -1.56. The van der Waals surface area contributed by atoms with Crippen molar-refractivity contribution in [2.24, 2.45) is 0 Å². The van der Waals surface area contributed by atoms with Gasteiger partial charge in [0.15, 0.2) is 0 Å². The lowest BCUT2D eigenvalue weighted by atomic mass is 9.71. The van der Waals surface area contributed by atoms with Gasteiger partial charge in [0.2, 0.25) is 0 Å². The van der Waals surface area contributed by atoms with Gasteiger partial charge in [-0.2, -0.15) is 8.75 Å². The summed E-state index contributed by atoms with van der Waals surface area (Å²) < 4.78 is 9.46. The lowest BCUT2D eigenvalue weighted by molar-refractivity contribution is 0.415. The second-order valence-electron chi connectivity index (χ2n) is 10.5. The average Bonchev–Trinajstić information content (AvgIpc) is 3.58. The molecule has 34 heavy (non-hydrogen) atoms. The van der Waals surface area contributed by atoms with E-state index in [2.05, 4.69) is 65.8 Å². The fraction of sp³-hybridized carbons (Fsp3) is 0.517. The molecule has 1 aliphatic rings. The first-order chi connectivity index (χ1) is 16.4. The second-order valence-corrected chi connectivity index (χ2v) is 13.2. The summed E-state index contributed by atoms with van der Waals surface area (Å²) in [6, 6.07) is 9.69. The van der Waals surface area contributed by atoms with Crippen LogP contribution in [0.4, 0.5) is 0 Å². The molecule has 0 aliphatic heterocycles. The van der Waals surface area contributed by atoms with E-state index in [0.717, 1.165) is 11.0 Å². The first-order valence-electron chi connectivity index (χ1n) is 13.0. The van der Waals surface area contributed by atoms with Gasteiger partial charge in [-0.3, -0.25) is 0 Å². The molecule has 2 nitrogen and oxygen atoms in total. The monoisotopic (exact) mass is 508 g/mol. The van der Waals surface area contributed by atoms with Crippen LogP contribution < -0.4 is 0 Å². The van der Waals surface area contributed by atoms with Crippen LogP contribution in [-0.2, 0) is 5.41 Å². The topological polar surface area (TPSA) is 25.8 Å². The molecule has 1 aromatic carbocycles. The molecule has 0 spiro atoms. The van der Waals surface area contributed by atoms with Crippen molar-refractivity contribution in [3.05, 3.63) is 45.8 Å². The summed E-state index contributed by atoms with van der Waals surface area (Å²) in [5.41, 5.74) is 8.13. The Morgan fingerprint density at radius 2 is 1.44 bits per heavy atom. The van der Waals surface area contributed by atoms with E-state index >= 15 is 0 Å². The third kappa shape index (κ3) is 3.79. The van der Waals surface area contributed by atoms with Crippen LogP contribution in [0.15, 0.2) is 24.3 Å². The molecule has 0 N–H and O–H groups in total. The Labute approximate surface area is 216 Å². The highest BCUT2D eigenvalue weighted by Crippen LogP contribution is 2.61. The third-order valence-electron chi connectivity index (χ3n) is 7.54. The Morgan fingerprint density at radius 1 is 0.794 bits per heavy atom. The molecular weight excluding hydrogens is 473 g/mol. The van der Waals surface area contributed by atoms with Gasteiger partial charge in [0.1, 0.15) is 11.0 Å². The molecule has 5 heteroatoms. The second kappa shape index (κ2) is 9.48. The maximum absolute atomic E-state index is 4.77. The number of benzene rings is 1. The number of hydrogen-bond donors (Lipinski definition) is 0. The maximum atomic E-state index is 4.77. The molecule has 0 saturated heterocycles. The van der Waals surface area contributed by atoms with Crippen LogP contribution in [-0.4, -0.2) is 8.75 Å². The predicted molar refractivity (Wildman–Crippen MR) is 152 cm³/mol. The van der Waals surface area contributed by atoms with Gasteiger partial charge >= 0.3 is 0 Å². The zero-order chi connectivity index (χ0) is 24.0. The van der Waals surface area contributed by atoms with Crippen molar-refractivity contribution in [3.8, 4) is 20.2 Å². The Bertz CT molecular complexity index is 1300. The zero-order valence-corrected chi connectivity index (χ0v) is 23.8. The molecule has 4 aromatic rings. The molecule has 3 heterocycles. The van der Waals surface area contributed by atoms with Gasteiger partial charge in [0.05, 0.1) is 11.7 Å². The largest absolute Gasteiger partial charge is 0.173 e. The van der Waals surface area contributed by atoms with Crippen LogP contribution in [0.1, 0.15) is 113 Å². The van der Waals surface area contributed by atoms with Crippen molar-refractivity contribution in [3.63, 3.8) is 0 Å². The van der Waals surface area contributed by atoms with Gasteiger partial charge in [-0.05, 0) is 53.5 Å². The van der Waals surface area contributed by atoms with Crippen molar-refractivity contribution < 1.29 is 0 Å². The standard InChI is InChI=1S/C29H36N2S3/c1-7-9-13-29(14-10-8-2)21-15-23(18(5)6)32-27(21)28-22(29)16-24(33-28)20-12-11-19(17(3)4)25-26(20)31-34-30-25/h11-12,15-18H,7-10,13-14H2,1-6H3. The van der Waals surface area contributed by atoms with Crippen molar-refractivity contribution in [2.75, 3.05) is 0 Å². The third-order valence-corrected chi connectivity index (χ3v) is 10.8. The van der Waals surface area contributed by atoms with Crippen molar-refractivity contribution in [1.82, 2.24) is 8.75 Å². The molecule has 5 rings (SSSR count). The number of rotatable bonds is 9. The molecule has 1 aliphatic carbocycles. The molecular formula is C29H36N2S3. The fourth-order valence-corrected chi connectivity index (χ4v) is 8.87. The van der Waals surface area contributed by atoms with E-state index in [1.54, 1.807) is 16.0 Å². The molecule has 180 valence electrons. The number of aromatic nitrogens is 2. The Balaban J connectivity index is 1.71. The average molecular weight is 509 g/mol. The minimum Gasteiger partial charge on any atom is -0.173 e. The zero-order valence-electron chi connectivity index (χ0n) is 21.3. The van der Waals surface area contributed by atoms with E-state index in [-0.39, 0.29) is 5.41 Å². The highest BCUT2D eigenvalue weighted by Gasteiger charge is 2.45. The van der Waals surface area contributed by atoms with E-state index < -0.39 is 0 Å². The number of nitrogens with zero attached hydrogens (tertiary/aromatic N) is 2. The van der Waals surface area contributed by atoms with E-state index in [0.29, 0.717) is 11.8 Å². The van der Waals surface area contributed by atoms with Gasteiger partial charge in [-0.1, -0.05) is 79.4 Å². The van der Waals surface area contributed by atoms with E-state index in [1.165, 1.54) is 76.0 Å². The summed E-state index contributed by atoms with van der Waals surface area (Å²) in [5, 5.41) is 0. The van der Waals surface area contributed by atoms with Gasteiger partial charge in [-0.15, -0.1) is 22.7 Å². The lowest BCUT2D eigenvalue weighted by Crippen LogP contribution is -2.24. The quantitative estimate of drug-likeness (QED) is 0.225. The molecule has 0 fully saturated rings. The van der Waals surface area contributed by atoms with Crippen LogP contribution in [0.25, 0.3) is 31.2 Å². The summed E-state index contributed by atoms with van der Waals surface area (Å²) in [5.74, 6) is 1.03. The van der Waals surface area contributed by atoms with Crippen LogP contribution in [0.5, 0.6) is 0 Å². The minimum absolute atomic E-state index is 0.173. The molecule has 0 atom stereocenters. The maximum Gasteiger partial charge on any atom is 0.113 e. The molecule has 0 amide bonds. The lowest BCUT2D eigenvalue weighted by Gasteiger charge is -2.31. The molecule has 0 bridgehead atoms. The highest BCUT2D eigenvalue weighted by atomic mass is 32.1. The SMILES string of the molecule is CCCCC1(CCCC)c2cc(-c3ccc(C(C)C)c4nsnc34)sc2-c2sc(C(C)C)cc21. The fourth-order valence-electron chi connectivity index (χ4n) is 5.58. The number of fused-ring (bicyclic) bond motifs is 4. The number of hydrogen-bond acceptors (Lipinski definition) is 5. The molecule has 0 unspecified atom stereocenters. The van der Waals surface area contributed by atoms with Crippen LogP contribution in [0.2, 0.25) is 0 Å². The minimum atomic E-state index is 0.173. The normalized spacial score (nSPS) is 14.5. The first-order valence-corrected chi connectivity index (χ1v) is 15.3. The molecule has 3 aromatic heterocycles. The van der Waals surface area contributed by atoms with Crippen LogP contribution in [0, 0.1) is 0 Å². The van der Waals surface area contributed by atoms with Crippen LogP contribution in [0.3, 0.4) is 0 Å². The molecule has 0 radical (unpaired) electrons. The summed E-state index contributed by atoms with van der Waals surface area (Å²) in [7, 11) is 0. The van der Waals surface area contributed by atoms with Gasteiger partial charge < -0.3 is 0 Å². The van der Waals surface area contributed by atoms with Gasteiger partial charge in [0.25, 0.3) is 0 Å². The Morgan fingerprint density at radius 3 is 2.09 bits per heavy atom. The van der Waals surface area contributed by atoms with Gasteiger partial charge in [0, 0.05) is 30.5 Å². The summed E-state index contributed by atoms with van der Waals surface area (Å²) in [4.78, 5) is 5.97. The van der Waals surface area contributed by atoms with E-state index in [1.807, 2.05) is 22.7 Å². The summed E-state index contributed by atoms with van der Waals surface area (Å²) >= 11 is 5.39. The molecule has 0 saturated carbocycles. The van der Waals surface area contributed by atoms with Gasteiger partial charge in [-0.25, -0.2) is 0 Å². The first kappa shape index (κ1) is 24.1. The summed E-state index contributed by atoms with van der Waals surface area (Å²) in [6.07, 6.45) is 7.58. The van der Waals surface area contributed by atoms with Crippen molar-refractivity contribution in [1.29, 1.82) is 0 Å². The van der Waals surface area contributed by atoms with E-state index in [9.17, 15) is 0 Å². The van der Waals surface area contributed by atoms with Crippen molar-refractivity contribution >= 4 is 45.4 Å². The number of thiophene rings is 2. The number of unbranched alkanes of at least 4 members (excludes halogenated alkanes) is 2. The highest BCUT2D eigenvalue weighted by molar-refractivity contribution is 7.24. The van der Waals surface area contributed by atoms with E-state index in [4.69, 9.17) is 8.75 Å².